The first kappa shape index (κ1) is 25.8. The number of para-hydroxylation sites is 1. The zero-order valence-corrected chi connectivity index (χ0v) is 21.4. The Kier molecular flexibility index (Phi) is 7.50. The fourth-order valence-electron chi connectivity index (χ4n) is 4.12. The minimum atomic E-state index is -0.927. The minimum absolute atomic E-state index is 0.276. The van der Waals surface area contributed by atoms with Gasteiger partial charge in [0, 0.05) is 32.5 Å². The topological polar surface area (TPSA) is 102 Å². The second-order valence-corrected chi connectivity index (χ2v) is 9.34. The number of aromatic carboxylic acids is 1. The first-order chi connectivity index (χ1) is 17.7. The number of carboxylic acids is 2. The second-order valence-electron chi connectivity index (χ2n) is 8.90. The van der Waals surface area contributed by atoms with Crippen molar-refractivity contribution in [2.24, 2.45) is 0 Å². The molecule has 0 spiro atoms. The molecule has 1 aromatic heterocycles. The first-order valence-corrected chi connectivity index (χ1v) is 12.1. The number of aromatic amines is 1. The molecule has 0 amide bonds. The smallest absolute Gasteiger partial charge is 0.337 e. The molecule has 7 heteroatoms. The molecule has 5 aromatic rings. The Balaban J connectivity index is 0.000000173. The Morgan fingerprint density at radius 3 is 2.30 bits per heavy atom. The molecule has 0 bridgehead atoms. The predicted molar refractivity (Wildman–Crippen MR) is 149 cm³/mol. The molecule has 1 heterocycles. The molecule has 0 saturated carbocycles. The van der Waals surface area contributed by atoms with Gasteiger partial charge in [-0.1, -0.05) is 48.0 Å². The van der Waals surface area contributed by atoms with E-state index < -0.39 is 17.9 Å². The fourth-order valence-corrected chi connectivity index (χ4v) is 4.29. The number of benzene rings is 4. The van der Waals surface area contributed by atoms with Crippen molar-refractivity contribution in [3.63, 3.8) is 0 Å². The SMILES string of the molecule is CC(C(=O)O)c1ccc2c(c1)[nH]c1ccc(Cl)cc12.Cc1cccc(Nc2ccccc2C(=O)O)c1C. The molecule has 188 valence electrons. The van der Waals surface area contributed by atoms with Gasteiger partial charge in [0.25, 0.3) is 0 Å². The number of fused-ring (bicyclic) bond motifs is 3. The summed E-state index contributed by atoms with van der Waals surface area (Å²) < 4.78 is 0. The summed E-state index contributed by atoms with van der Waals surface area (Å²) in [4.78, 5) is 25.4. The van der Waals surface area contributed by atoms with Gasteiger partial charge in [-0.2, -0.15) is 0 Å². The van der Waals surface area contributed by atoms with Crippen molar-refractivity contribution < 1.29 is 19.8 Å². The number of halogens is 1. The Morgan fingerprint density at radius 2 is 1.57 bits per heavy atom. The van der Waals surface area contributed by atoms with Crippen LogP contribution < -0.4 is 5.32 Å². The summed E-state index contributed by atoms with van der Waals surface area (Å²) in [7, 11) is 0. The van der Waals surface area contributed by atoms with Crippen LogP contribution in [0.15, 0.2) is 78.9 Å². The average molecular weight is 515 g/mol. The molecule has 0 aliphatic heterocycles. The van der Waals surface area contributed by atoms with Gasteiger partial charge in [0.2, 0.25) is 0 Å². The van der Waals surface area contributed by atoms with E-state index in [1.54, 1.807) is 25.1 Å². The van der Waals surface area contributed by atoms with E-state index in [0.29, 0.717) is 10.7 Å². The Labute approximate surface area is 219 Å². The van der Waals surface area contributed by atoms with Gasteiger partial charge < -0.3 is 20.5 Å². The number of carbonyl (C=O) groups is 2. The van der Waals surface area contributed by atoms with E-state index in [0.717, 1.165) is 38.6 Å². The molecule has 0 radical (unpaired) electrons. The maximum Gasteiger partial charge on any atom is 0.337 e. The van der Waals surface area contributed by atoms with E-state index >= 15 is 0 Å². The van der Waals surface area contributed by atoms with Crippen LogP contribution in [-0.2, 0) is 4.79 Å². The molecule has 4 N–H and O–H groups in total. The van der Waals surface area contributed by atoms with Crippen molar-refractivity contribution in [1.29, 1.82) is 0 Å². The monoisotopic (exact) mass is 514 g/mol. The molecule has 6 nitrogen and oxygen atoms in total. The number of hydrogen-bond donors (Lipinski definition) is 4. The van der Waals surface area contributed by atoms with Gasteiger partial charge >= 0.3 is 11.9 Å². The average Bonchev–Trinajstić information content (AvgIpc) is 3.24. The van der Waals surface area contributed by atoms with Crippen LogP contribution in [0.5, 0.6) is 0 Å². The number of H-pyrrole nitrogens is 1. The van der Waals surface area contributed by atoms with Crippen molar-refractivity contribution in [3.8, 4) is 0 Å². The van der Waals surface area contributed by atoms with E-state index in [4.69, 9.17) is 21.8 Å². The van der Waals surface area contributed by atoms with Crippen LogP contribution in [-0.4, -0.2) is 27.1 Å². The maximum atomic E-state index is 11.1. The summed E-state index contributed by atoms with van der Waals surface area (Å²) in [5, 5.41) is 24.2. The number of nitrogens with one attached hydrogen (secondary N) is 2. The van der Waals surface area contributed by atoms with Crippen LogP contribution in [0, 0.1) is 13.8 Å². The Bertz CT molecular complexity index is 1620. The summed E-state index contributed by atoms with van der Waals surface area (Å²) in [5.74, 6) is -2.26. The van der Waals surface area contributed by atoms with Crippen LogP contribution in [0.25, 0.3) is 21.8 Å². The van der Waals surface area contributed by atoms with E-state index in [2.05, 4.69) is 10.3 Å². The molecule has 4 aromatic carbocycles. The zero-order chi connectivity index (χ0) is 26.7. The molecule has 0 saturated heterocycles. The third-order valence-corrected chi connectivity index (χ3v) is 6.72. The predicted octanol–water partition coefficient (Wildman–Crippen LogP) is 7.91. The molecule has 37 heavy (non-hydrogen) atoms. The fraction of sp³-hybridized carbons (Fsp3) is 0.133. The van der Waals surface area contributed by atoms with E-state index in [9.17, 15) is 9.59 Å². The lowest BCUT2D eigenvalue weighted by molar-refractivity contribution is -0.138. The highest BCUT2D eigenvalue weighted by atomic mass is 35.5. The number of anilines is 2. The van der Waals surface area contributed by atoms with Crippen LogP contribution in [0.4, 0.5) is 11.4 Å². The molecule has 0 aliphatic carbocycles. The molecule has 1 unspecified atom stereocenters. The standard InChI is InChI=1S/C15H12ClNO2.C15H15NO2/c1-8(15(18)19)9-2-4-11-12-7-10(16)3-5-13(12)17-14(11)6-9;1-10-6-5-9-13(11(10)2)16-14-8-4-3-7-12(14)15(17)18/h2-8,17H,1H3,(H,18,19);3-9,16H,1-2H3,(H,17,18). The van der Waals surface area contributed by atoms with Gasteiger partial charge in [0.1, 0.15) is 0 Å². The highest BCUT2D eigenvalue weighted by Gasteiger charge is 2.15. The first-order valence-electron chi connectivity index (χ1n) is 11.7. The lowest BCUT2D eigenvalue weighted by Gasteiger charge is -2.13. The number of aliphatic carboxylic acids is 1. The normalized spacial score (nSPS) is 11.6. The number of aromatic nitrogens is 1. The van der Waals surface area contributed by atoms with Crippen LogP contribution in [0.2, 0.25) is 5.02 Å². The molecular weight excluding hydrogens is 488 g/mol. The van der Waals surface area contributed by atoms with Crippen molar-refractivity contribution in [3.05, 3.63) is 106 Å². The third-order valence-electron chi connectivity index (χ3n) is 6.49. The zero-order valence-electron chi connectivity index (χ0n) is 20.7. The van der Waals surface area contributed by atoms with Gasteiger partial charge in [0.05, 0.1) is 17.2 Å². The summed E-state index contributed by atoms with van der Waals surface area (Å²) >= 11 is 6.01. The highest BCUT2D eigenvalue weighted by Crippen LogP contribution is 2.30. The Morgan fingerprint density at radius 1 is 0.838 bits per heavy atom. The lowest BCUT2D eigenvalue weighted by Crippen LogP contribution is -2.06. The molecular formula is C30H27ClN2O4. The summed E-state index contributed by atoms with van der Waals surface area (Å²) in [6, 6.07) is 24.2. The number of hydrogen-bond acceptors (Lipinski definition) is 3. The van der Waals surface area contributed by atoms with Crippen molar-refractivity contribution in [2.75, 3.05) is 5.32 Å². The van der Waals surface area contributed by atoms with E-state index in [-0.39, 0.29) is 5.56 Å². The van der Waals surface area contributed by atoms with Crippen molar-refractivity contribution in [1.82, 2.24) is 4.98 Å². The Hall–Kier alpha value is -4.29. The van der Waals surface area contributed by atoms with Gasteiger partial charge in [-0.05, 0) is 79.9 Å². The summed E-state index contributed by atoms with van der Waals surface area (Å²) in [6.07, 6.45) is 0. The highest BCUT2D eigenvalue weighted by molar-refractivity contribution is 6.31. The third kappa shape index (κ3) is 5.60. The van der Waals surface area contributed by atoms with Gasteiger partial charge in [-0.3, -0.25) is 4.79 Å². The van der Waals surface area contributed by atoms with E-state index in [1.807, 2.05) is 74.5 Å². The quantitative estimate of drug-likeness (QED) is 0.191. The van der Waals surface area contributed by atoms with E-state index in [1.165, 1.54) is 5.56 Å². The number of carboxylic acid groups (broad SMARTS) is 2. The molecule has 1 atom stereocenters. The molecule has 0 fully saturated rings. The lowest BCUT2D eigenvalue weighted by atomic mass is 10.00. The summed E-state index contributed by atoms with van der Waals surface area (Å²) in [6.45, 7) is 5.73. The van der Waals surface area contributed by atoms with Crippen molar-refractivity contribution >= 4 is 56.7 Å². The van der Waals surface area contributed by atoms with Crippen LogP contribution in [0.1, 0.15) is 39.9 Å². The minimum Gasteiger partial charge on any atom is -0.481 e. The number of aryl methyl sites for hydroxylation is 1. The van der Waals surface area contributed by atoms with Crippen molar-refractivity contribution in [2.45, 2.75) is 26.7 Å². The molecule has 0 aliphatic rings. The van der Waals surface area contributed by atoms with Crippen LogP contribution in [0.3, 0.4) is 0 Å². The van der Waals surface area contributed by atoms with Crippen LogP contribution >= 0.6 is 11.6 Å². The maximum absolute atomic E-state index is 11.1. The van der Waals surface area contributed by atoms with Gasteiger partial charge in [-0.15, -0.1) is 0 Å². The second kappa shape index (κ2) is 10.8. The number of rotatable bonds is 5. The molecule has 5 rings (SSSR count). The summed E-state index contributed by atoms with van der Waals surface area (Å²) in [5.41, 5.74) is 6.84. The van der Waals surface area contributed by atoms with Gasteiger partial charge in [0.15, 0.2) is 0 Å². The largest absolute Gasteiger partial charge is 0.481 e. The van der Waals surface area contributed by atoms with Gasteiger partial charge in [-0.25, -0.2) is 4.79 Å².